The van der Waals surface area contributed by atoms with Crippen LogP contribution in [-0.4, -0.2) is 15.8 Å². The van der Waals surface area contributed by atoms with E-state index in [0.717, 1.165) is 23.9 Å². The van der Waals surface area contributed by atoms with Gasteiger partial charge in [-0.1, -0.05) is 0 Å². The van der Waals surface area contributed by atoms with Crippen LogP contribution in [0.1, 0.15) is 11.3 Å². The molecule has 0 spiro atoms. The Kier molecular flexibility index (Phi) is 3.47. The molecule has 19 heavy (non-hydrogen) atoms. The predicted molar refractivity (Wildman–Crippen MR) is 60.9 cm³/mol. The SMILES string of the molecule is N=C(N)c1ccc(C(F)(F)F)nc1Sc1ncco1. The highest BCUT2D eigenvalue weighted by Crippen LogP contribution is 2.33. The van der Waals surface area contributed by atoms with Crippen LogP contribution >= 0.6 is 11.8 Å². The summed E-state index contributed by atoms with van der Waals surface area (Å²) in [5, 5.41) is 7.36. The van der Waals surface area contributed by atoms with E-state index in [4.69, 9.17) is 15.6 Å². The normalized spacial score (nSPS) is 11.5. The molecule has 0 aliphatic heterocycles. The number of hydrogen-bond acceptors (Lipinski definition) is 5. The van der Waals surface area contributed by atoms with Crippen LogP contribution in [0.5, 0.6) is 0 Å². The van der Waals surface area contributed by atoms with Crippen LogP contribution in [0.3, 0.4) is 0 Å². The van der Waals surface area contributed by atoms with E-state index in [0.29, 0.717) is 0 Å². The van der Waals surface area contributed by atoms with E-state index in [1.54, 1.807) is 0 Å². The highest BCUT2D eigenvalue weighted by molar-refractivity contribution is 7.99. The number of halogens is 3. The van der Waals surface area contributed by atoms with E-state index >= 15 is 0 Å². The lowest BCUT2D eigenvalue weighted by Gasteiger charge is -2.10. The summed E-state index contributed by atoms with van der Waals surface area (Å²) in [6.45, 7) is 0. The largest absolute Gasteiger partial charge is 0.440 e. The first-order valence-corrected chi connectivity index (χ1v) is 5.69. The van der Waals surface area contributed by atoms with Gasteiger partial charge in [0.05, 0.1) is 6.20 Å². The van der Waals surface area contributed by atoms with Gasteiger partial charge in [-0.2, -0.15) is 13.2 Å². The fraction of sp³-hybridized carbons (Fsp3) is 0.100. The van der Waals surface area contributed by atoms with Crippen molar-refractivity contribution >= 4 is 17.6 Å². The van der Waals surface area contributed by atoms with Gasteiger partial charge in [-0.15, -0.1) is 0 Å². The molecule has 0 atom stereocenters. The van der Waals surface area contributed by atoms with Crippen LogP contribution in [0.2, 0.25) is 0 Å². The number of nitrogens with two attached hydrogens (primary N) is 1. The smallest absolute Gasteiger partial charge is 0.433 e. The number of hydrogen-bond donors (Lipinski definition) is 2. The second kappa shape index (κ2) is 4.92. The van der Waals surface area contributed by atoms with Gasteiger partial charge in [-0.3, -0.25) is 5.41 Å². The number of oxazole rings is 1. The number of nitrogens with zero attached hydrogens (tertiary/aromatic N) is 2. The summed E-state index contributed by atoms with van der Waals surface area (Å²) >= 11 is 0.770. The number of amidine groups is 1. The summed E-state index contributed by atoms with van der Waals surface area (Å²) in [4.78, 5) is 7.22. The Balaban J connectivity index is 2.45. The lowest BCUT2D eigenvalue weighted by Crippen LogP contribution is -2.16. The van der Waals surface area contributed by atoms with Crippen LogP contribution in [0, 0.1) is 5.41 Å². The van der Waals surface area contributed by atoms with Crippen molar-refractivity contribution in [3.63, 3.8) is 0 Å². The number of alkyl halides is 3. The minimum Gasteiger partial charge on any atom is -0.440 e. The molecule has 0 unspecified atom stereocenters. The molecule has 2 rings (SSSR count). The Morgan fingerprint density at radius 3 is 2.63 bits per heavy atom. The average molecular weight is 288 g/mol. The molecule has 0 amide bonds. The van der Waals surface area contributed by atoms with Crippen molar-refractivity contribution in [3.05, 3.63) is 35.9 Å². The van der Waals surface area contributed by atoms with E-state index in [1.165, 1.54) is 12.5 Å². The minimum absolute atomic E-state index is 0.0789. The summed E-state index contributed by atoms with van der Waals surface area (Å²) in [5.41, 5.74) is 4.33. The van der Waals surface area contributed by atoms with Crippen molar-refractivity contribution in [2.24, 2.45) is 5.73 Å². The monoisotopic (exact) mass is 288 g/mol. The molecule has 0 aromatic carbocycles. The second-order valence-corrected chi connectivity index (χ2v) is 4.30. The van der Waals surface area contributed by atoms with Crippen LogP contribution in [0.25, 0.3) is 0 Å². The van der Waals surface area contributed by atoms with Crippen LogP contribution in [0.15, 0.2) is 39.3 Å². The first-order chi connectivity index (χ1) is 8.88. The number of nitrogens with one attached hydrogen (secondary N) is 1. The van der Waals surface area contributed by atoms with E-state index in [1.807, 2.05) is 0 Å². The fourth-order valence-corrected chi connectivity index (χ4v) is 2.04. The quantitative estimate of drug-likeness (QED) is 0.669. The number of nitrogen functional groups attached to an aromatic ring is 1. The highest BCUT2D eigenvalue weighted by Gasteiger charge is 2.33. The maximum Gasteiger partial charge on any atom is 0.433 e. The highest BCUT2D eigenvalue weighted by atomic mass is 32.2. The topological polar surface area (TPSA) is 88.8 Å². The molecule has 2 aromatic heterocycles. The number of aromatic nitrogens is 2. The molecule has 0 aliphatic rings. The molecule has 2 heterocycles. The summed E-state index contributed by atoms with van der Waals surface area (Å²) in [5.74, 6) is -0.379. The van der Waals surface area contributed by atoms with Gasteiger partial charge in [0.1, 0.15) is 22.8 Å². The molecule has 0 saturated carbocycles. The van der Waals surface area contributed by atoms with Crippen LogP contribution < -0.4 is 5.73 Å². The molecule has 0 aliphatic carbocycles. The Labute approximate surface area is 109 Å². The lowest BCUT2D eigenvalue weighted by molar-refractivity contribution is -0.141. The van der Waals surface area contributed by atoms with Gasteiger partial charge in [0, 0.05) is 5.56 Å². The Hall–Kier alpha value is -2.03. The summed E-state index contributed by atoms with van der Waals surface area (Å²) in [6.07, 6.45) is -1.94. The van der Waals surface area contributed by atoms with Gasteiger partial charge >= 0.3 is 6.18 Å². The third-order valence-electron chi connectivity index (χ3n) is 2.03. The summed E-state index contributed by atoms with van der Waals surface area (Å²) in [6, 6.07) is 1.87. The number of rotatable bonds is 3. The van der Waals surface area contributed by atoms with Crippen LogP contribution in [-0.2, 0) is 6.18 Å². The van der Waals surface area contributed by atoms with Crippen molar-refractivity contribution in [1.82, 2.24) is 9.97 Å². The standard InChI is InChI=1S/C10H7F3N4OS/c11-10(12,13)6-2-1-5(7(14)15)8(17-6)19-9-16-3-4-18-9/h1-4H,(H3,14,15). The molecule has 2 aromatic rings. The Bertz CT molecular complexity index is 597. The van der Waals surface area contributed by atoms with Gasteiger partial charge in [0.15, 0.2) is 0 Å². The predicted octanol–water partition coefficient (Wildman–Crippen LogP) is 2.52. The maximum atomic E-state index is 12.6. The van der Waals surface area contributed by atoms with Gasteiger partial charge in [0.25, 0.3) is 5.22 Å². The second-order valence-electron chi connectivity index (χ2n) is 3.36. The molecule has 0 radical (unpaired) electrons. The average Bonchev–Trinajstić information content (AvgIpc) is 2.80. The van der Waals surface area contributed by atoms with Crippen molar-refractivity contribution in [3.8, 4) is 0 Å². The Morgan fingerprint density at radius 2 is 2.11 bits per heavy atom. The van der Waals surface area contributed by atoms with Crippen LogP contribution in [0.4, 0.5) is 13.2 Å². The van der Waals surface area contributed by atoms with E-state index < -0.39 is 11.9 Å². The molecule has 100 valence electrons. The summed E-state index contributed by atoms with van der Waals surface area (Å²) < 4.78 is 42.7. The molecule has 0 fully saturated rings. The van der Waals surface area contributed by atoms with E-state index in [-0.39, 0.29) is 21.6 Å². The molecule has 9 heteroatoms. The molecule has 3 N–H and O–H groups in total. The third-order valence-corrected chi connectivity index (χ3v) is 2.92. The first kappa shape index (κ1) is 13.4. The molecule has 5 nitrogen and oxygen atoms in total. The maximum absolute atomic E-state index is 12.6. The molecule has 0 saturated heterocycles. The Morgan fingerprint density at radius 1 is 1.37 bits per heavy atom. The van der Waals surface area contributed by atoms with E-state index in [2.05, 4.69) is 9.97 Å². The lowest BCUT2D eigenvalue weighted by atomic mass is 10.2. The molecular weight excluding hydrogens is 281 g/mol. The third kappa shape index (κ3) is 3.05. The van der Waals surface area contributed by atoms with Crippen molar-refractivity contribution in [1.29, 1.82) is 5.41 Å². The van der Waals surface area contributed by atoms with E-state index in [9.17, 15) is 13.2 Å². The number of pyridine rings is 1. The fourth-order valence-electron chi connectivity index (χ4n) is 1.22. The first-order valence-electron chi connectivity index (χ1n) is 4.88. The summed E-state index contributed by atoms with van der Waals surface area (Å²) in [7, 11) is 0. The van der Waals surface area contributed by atoms with Gasteiger partial charge in [-0.05, 0) is 23.9 Å². The van der Waals surface area contributed by atoms with Gasteiger partial charge < -0.3 is 10.2 Å². The molecular formula is C10H7F3N4OS. The molecule has 0 bridgehead atoms. The van der Waals surface area contributed by atoms with Crippen molar-refractivity contribution in [2.75, 3.05) is 0 Å². The van der Waals surface area contributed by atoms with Crippen molar-refractivity contribution < 1.29 is 17.6 Å². The zero-order chi connectivity index (χ0) is 14.0. The zero-order valence-electron chi connectivity index (χ0n) is 9.23. The zero-order valence-corrected chi connectivity index (χ0v) is 10.0. The minimum atomic E-state index is -4.57. The van der Waals surface area contributed by atoms with Gasteiger partial charge in [-0.25, -0.2) is 9.97 Å². The van der Waals surface area contributed by atoms with Crippen molar-refractivity contribution in [2.45, 2.75) is 16.4 Å². The van der Waals surface area contributed by atoms with Gasteiger partial charge in [0.2, 0.25) is 0 Å².